The smallest absolute Gasteiger partial charge is 0.303 e. The van der Waals surface area contributed by atoms with Crippen molar-refractivity contribution < 1.29 is 39.6 Å². The van der Waals surface area contributed by atoms with E-state index in [0.29, 0.717) is 32.1 Å². The van der Waals surface area contributed by atoms with Crippen LogP contribution in [0.15, 0.2) is 0 Å². The van der Waals surface area contributed by atoms with E-state index in [1.54, 1.807) is 0 Å². The van der Waals surface area contributed by atoms with E-state index in [4.69, 9.17) is 20.4 Å². The Bertz CT molecular complexity index is 344. The van der Waals surface area contributed by atoms with Crippen LogP contribution in [0, 0.1) is 0 Å². The Morgan fingerprint density at radius 3 is 0.750 bits per heavy atom. The summed E-state index contributed by atoms with van der Waals surface area (Å²) in [6, 6.07) is 0. The van der Waals surface area contributed by atoms with Gasteiger partial charge in [-0.15, -0.1) is 0 Å². The fourth-order valence-corrected chi connectivity index (χ4v) is 1.81. The molecule has 0 unspecified atom stereocenters. The Morgan fingerprint density at radius 2 is 0.542 bits per heavy atom. The van der Waals surface area contributed by atoms with Crippen molar-refractivity contribution >= 4 is 23.9 Å². The molecule has 0 radical (unpaired) electrons. The fraction of sp³-hybridized carbons (Fsp3) is 0.750. The third kappa shape index (κ3) is 28.1. The zero-order valence-electron chi connectivity index (χ0n) is 13.9. The average Bonchev–Trinajstić information content (AvgIpc) is 2.45. The van der Waals surface area contributed by atoms with Crippen LogP contribution in [0.5, 0.6) is 0 Å². The van der Waals surface area contributed by atoms with Crippen molar-refractivity contribution in [3.05, 3.63) is 0 Å². The molecule has 0 saturated heterocycles. The number of hydrogen-bond donors (Lipinski definition) is 4. The standard InChI is InChI=1S/C9H16O4.C7H12O4/c10-8(11)6-4-2-1-3-5-7-9(12)13;8-6(9)4-2-1-3-5-7(10)11/h1-7H2,(H,10,11)(H,12,13);1-5H2,(H,8,9)(H,10,11). The predicted octanol–water partition coefficient (Wildman–Crippen LogP) is 2.99. The molecule has 0 fully saturated rings. The van der Waals surface area contributed by atoms with E-state index in [2.05, 4.69) is 0 Å². The maximum atomic E-state index is 10.1. The quantitative estimate of drug-likeness (QED) is 0.350. The second kappa shape index (κ2) is 17.2. The summed E-state index contributed by atoms with van der Waals surface area (Å²) in [4.78, 5) is 40.2. The zero-order chi connectivity index (χ0) is 18.8. The van der Waals surface area contributed by atoms with Gasteiger partial charge in [-0.05, 0) is 25.7 Å². The molecule has 0 aromatic heterocycles. The van der Waals surface area contributed by atoms with E-state index in [0.717, 1.165) is 19.3 Å². The third-order valence-corrected chi connectivity index (χ3v) is 3.06. The lowest BCUT2D eigenvalue weighted by atomic mass is 10.1. The predicted molar refractivity (Wildman–Crippen MR) is 85.9 cm³/mol. The first-order valence-electron chi connectivity index (χ1n) is 8.13. The van der Waals surface area contributed by atoms with Gasteiger partial charge in [0.2, 0.25) is 0 Å². The molecule has 0 bridgehead atoms. The van der Waals surface area contributed by atoms with Gasteiger partial charge in [0.15, 0.2) is 0 Å². The van der Waals surface area contributed by atoms with Crippen LogP contribution in [-0.2, 0) is 19.2 Å². The Hall–Kier alpha value is -2.12. The molecule has 0 aliphatic carbocycles. The van der Waals surface area contributed by atoms with Crippen LogP contribution in [0.4, 0.5) is 0 Å². The number of hydrogen-bond acceptors (Lipinski definition) is 4. The highest BCUT2D eigenvalue weighted by Crippen LogP contribution is 2.06. The van der Waals surface area contributed by atoms with E-state index in [1.807, 2.05) is 0 Å². The first kappa shape index (κ1) is 24.1. The van der Waals surface area contributed by atoms with Crippen LogP contribution < -0.4 is 0 Å². The van der Waals surface area contributed by atoms with Crippen LogP contribution >= 0.6 is 0 Å². The molecule has 0 saturated carbocycles. The molecule has 8 heteroatoms. The molecule has 0 aliphatic heterocycles. The first-order valence-corrected chi connectivity index (χ1v) is 8.13. The van der Waals surface area contributed by atoms with Crippen LogP contribution in [0.2, 0.25) is 0 Å². The molecule has 0 aromatic rings. The molecule has 4 N–H and O–H groups in total. The third-order valence-electron chi connectivity index (χ3n) is 3.06. The van der Waals surface area contributed by atoms with Gasteiger partial charge in [0.1, 0.15) is 0 Å². The summed E-state index contributed by atoms with van der Waals surface area (Å²) in [5.74, 6) is -3.16. The normalized spacial score (nSPS) is 9.67. The number of carboxylic acid groups (broad SMARTS) is 4. The Labute approximate surface area is 141 Å². The Kier molecular flexibility index (Phi) is 17.3. The summed E-state index contributed by atoms with van der Waals surface area (Å²) >= 11 is 0. The van der Waals surface area contributed by atoms with Gasteiger partial charge >= 0.3 is 23.9 Å². The Balaban J connectivity index is 0. The van der Waals surface area contributed by atoms with Crippen LogP contribution in [-0.4, -0.2) is 44.3 Å². The molecule has 0 aromatic carbocycles. The minimum absolute atomic E-state index is 0.139. The monoisotopic (exact) mass is 348 g/mol. The summed E-state index contributed by atoms with van der Waals surface area (Å²) in [6.07, 6.45) is 6.63. The summed E-state index contributed by atoms with van der Waals surface area (Å²) in [6.45, 7) is 0. The highest BCUT2D eigenvalue weighted by Gasteiger charge is 1.99. The van der Waals surface area contributed by atoms with E-state index in [1.165, 1.54) is 0 Å². The molecule has 0 amide bonds. The maximum absolute atomic E-state index is 10.1. The first-order chi connectivity index (χ1) is 11.3. The van der Waals surface area contributed by atoms with E-state index in [-0.39, 0.29) is 25.7 Å². The number of carboxylic acids is 4. The molecular formula is C16H28O8. The van der Waals surface area contributed by atoms with Crippen molar-refractivity contribution in [1.82, 2.24) is 0 Å². The van der Waals surface area contributed by atoms with Gasteiger partial charge in [0, 0.05) is 25.7 Å². The van der Waals surface area contributed by atoms with Crippen molar-refractivity contribution in [3.8, 4) is 0 Å². The summed E-state index contributed by atoms with van der Waals surface area (Å²) in [5.41, 5.74) is 0. The van der Waals surface area contributed by atoms with Crippen LogP contribution in [0.3, 0.4) is 0 Å². The molecule has 0 atom stereocenters. The SMILES string of the molecule is O=C(O)CCCCCC(=O)O.O=C(O)CCCCCCCC(=O)O. The van der Waals surface area contributed by atoms with Crippen molar-refractivity contribution in [3.63, 3.8) is 0 Å². The molecule has 140 valence electrons. The minimum atomic E-state index is -0.819. The molecule has 0 rings (SSSR count). The molecular weight excluding hydrogens is 320 g/mol. The molecule has 8 nitrogen and oxygen atoms in total. The van der Waals surface area contributed by atoms with Crippen molar-refractivity contribution in [2.24, 2.45) is 0 Å². The average molecular weight is 348 g/mol. The van der Waals surface area contributed by atoms with Crippen LogP contribution in [0.1, 0.15) is 77.0 Å². The van der Waals surface area contributed by atoms with Crippen LogP contribution in [0.25, 0.3) is 0 Å². The lowest BCUT2D eigenvalue weighted by Crippen LogP contribution is -1.96. The molecule has 0 heterocycles. The van der Waals surface area contributed by atoms with E-state index >= 15 is 0 Å². The second-order valence-electron chi connectivity index (χ2n) is 5.40. The van der Waals surface area contributed by atoms with E-state index in [9.17, 15) is 19.2 Å². The maximum Gasteiger partial charge on any atom is 0.303 e. The summed E-state index contributed by atoms with van der Waals surface area (Å²) in [5, 5.41) is 33.0. The summed E-state index contributed by atoms with van der Waals surface area (Å²) in [7, 11) is 0. The topological polar surface area (TPSA) is 149 Å². The van der Waals surface area contributed by atoms with Gasteiger partial charge in [-0.25, -0.2) is 0 Å². The van der Waals surface area contributed by atoms with Crippen molar-refractivity contribution in [2.75, 3.05) is 0 Å². The minimum Gasteiger partial charge on any atom is -0.481 e. The number of carbonyl (C=O) groups is 4. The van der Waals surface area contributed by atoms with Gasteiger partial charge in [-0.2, -0.15) is 0 Å². The van der Waals surface area contributed by atoms with Crippen molar-refractivity contribution in [1.29, 1.82) is 0 Å². The second-order valence-corrected chi connectivity index (χ2v) is 5.40. The van der Waals surface area contributed by atoms with Gasteiger partial charge in [-0.3, -0.25) is 19.2 Å². The molecule has 0 spiro atoms. The molecule has 24 heavy (non-hydrogen) atoms. The van der Waals surface area contributed by atoms with Crippen molar-refractivity contribution in [2.45, 2.75) is 77.0 Å². The largest absolute Gasteiger partial charge is 0.481 e. The summed E-state index contributed by atoms with van der Waals surface area (Å²) < 4.78 is 0. The fourth-order valence-electron chi connectivity index (χ4n) is 1.81. The zero-order valence-corrected chi connectivity index (χ0v) is 13.9. The Morgan fingerprint density at radius 1 is 0.375 bits per heavy atom. The highest BCUT2D eigenvalue weighted by atomic mass is 16.4. The van der Waals surface area contributed by atoms with Gasteiger partial charge in [0.05, 0.1) is 0 Å². The van der Waals surface area contributed by atoms with Gasteiger partial charge < -0.3 is 20.4 Å². The highest BCUT2D eigenvalue weighted by molar-refractivity contribution is 5.67. The lowest BCUT2D eigenvalue weighted by Gasteiger charge is -1.97. The number of rotatable bonds is 14. The lowest BCUT2D eigenvalue weighted by molar-refractivity contribution is -0.138. The number of unbranched alkanes of at least 4 members (excludes halogenated alkanes) is 6. The van der Waals surface area contributed by atoms with Gasteiger partial charge in [-0.1, -0.05) is 25.7 Å². The van der Waals surface area contributed by atoms with Gasteiger partial charge in [0.25, 0.3) is 0 Å². The van der Waals surface area contributed by atoms with E-state index < -0.39 is 23.9 Å². The molecule has 0 aliphatic rings. The number of aliphatic carboxylic acids is 4.